The monoisotopic (exact) mass is 251 g/mol. The van der Waals surface area contributed by atoms with Gasteiger partial charge in [0.1, 0.15) is 0 Å². The van der Waals surface area contributed by atoms with E-state index in [1.165, 1.54) is 12.1 Å². The Hall–Kier alpha value is 0.0713. The maximum Gasteiger partial charge on any atom is 1.00 e. The van der Waals surface area contributed by atoms with E-state index in [1.54, 1.807) is 6.92 Å². The molecule has 0 atom stereocenters. The number of hydrogen-bond acceptors (Lipinski definition) is 1. The van der Waals surface area contributed by atoms with Crippen molar-refractivity contribution in [3.63, 3.8) is 0 Å². The number of rotatable bonds is 2. The Bertz CT molecular complexity index is 423. The van der Waals surface area contributed by atoms with Crippen LogP contribution in [-0.2, 0) is 6.32 Å². The summed E-state index contributed by atoms with van der Waals surface area (Å²) in [5.41, 5.74) is 7.06. The number of terminal acetylenes is 1. The van der Waals surface area contributed by atoms with Crippen molar-refractivity contribution in [3.8, 4) is 12.3 Å². The van der Waals surface area contributed by atoms with Crippen LogP contribution < -0.4 is 57.1 Å². The predicted molar refractivity (Wildman–Crippen MR) is 56.3 cm³/mol. The fourth-order valence-electron chi connectivity index (χ4n) is 1.33. The van der Waals surface area contributed by atoms with Crippen molar-refractivity contribution < 1.29 is 64.3 Å². The number of benzene rings is 1. The fraction of sp³-hybridized carbons (Fsp3) is 0.200. The zero-order valence-corrected chi connectivity index (χ0v) is 12.4. The normalized spacial score (nSPS) is 10.4. The van der Waals surface area contributed by atoms with Crippen molar-refractivity contribution >= 4 is 12.7 Å². The SMILES string of the molecule is C#Cc1cc(C[B-](F)(F)F)cc(N)c1C.[K+]. The molecule has 0 bridgehead atoms. The molecule has 0 aliphatic carbocycles. The van der Waals surface area contributed by atoms with Gasteiger partial charge in [-0.05, 0) is 24.6 Å². The molecule has 1 rings (SSSR count). The topological polar surface area (TPSA) is 26.0 Å². The Labute approximate surface area is 135 Å². The molecule has 0 aromatic heterocycles. The van der Waals surface area contributed by atoms with E-state index in [0.29, 0.717) is 16.8 Å². The molecule has 0 spiro atoms. The summed E-state index contributed by atoms with van der Waals surface area (Å²) >= 11 is 0. The summed E-state index contributed by atoms with van der Waals surface area (Å²) in [7, 11) is 0. The minimum Gasteiger partial charge on any atom is -0.449 e. The van der Waals surface area contributed by atoms with Crippen LogP contribution in [0.3, 0.4) is 0 Å². The predicted octanol–water partition coefficient (Wildman–Crippen LogP) is -0.508. The van der Waals surface area contributed by atoms with Crippen molar-refractivity contribution in [2.24, 2.45) is 0 Å². The van der Waals surface area contributed by atoms with Gasteiger partial charge in [-0.25, -0.2) is 0 Å². The first-order valence-corrected chi connectivity index (χ1v) is 4.40. The van der Waals surface area contributed by atoms with E-state index in [9.17, 15) is 12.9 Å². The Balaban J connectivity index is 0.00000225. The molecule has 0 amide bonds. The summed E-state index contributed by atoms with van der Waals surface area (Å²) in [4.78, 5) is 0. The second kappa shape index (κ2) is 6.13. The Morgan fingerprint density at radius 1 is 1.38 bits per heavy atom. The van der Waals surface area contributed by atoms with Crippen LogP contribution in [0, 0.1) is 19.3 Å². The van der Waals surface area contributed by atoms with Gasteiger partial charge in [-0.3, -0.25) is 0 Å². The van der Waals surface area contributed by atoms with E-state index in [4.69, 9.17) is 12.2 Å². The first-order chi connectivity index (χ1) is 6.83. The minimum atomic E-state index is -4.85. The van der Waals surface area contributed by atoms with Crippen molar-refractivity contribution in [2.75, 3.05) is 5.73 Å². The molecule has 80 valence electrons. The molecule has 0 fully saturated rings. The Morgan fingerprint density at radius 3 is 2.38 bits per heavy atom. The summed E-state index contributed by atoms with van der Waals surface area (Å²) in [6.45, 7) is -3.17. The van der Waals surface area contributed by atoms with Gasteiger partial charge in [0.25, 0.3) is 0 Å². The fourth-order valence-corrected chi connectivity index (χ4v) is 1.33. The smallest absolute Gasteiger partial charge is 0.449 e. The molecule has 0 heterocycles. The van der Waals surface area contributed by atoms with Gasteiger partial charge in [-0.15, -0.1) is 6.42 Å². The van der Waals surface area contributed by atoms with Crippen LogP contribution in [0.2, 0.25) is 0 Å². The molecule has 0 aliphatic rings. The van der Waals surface area contributed by atoms with Crippen LogP contribution in [0.5, 0.6) is 0 Å². The summed E-state index contributed by atoms with van der Waals surface area (Å²) in [5.74, 6) is 2.32. The number of hydrogen-bond donors (Lipinski definition) is 1. The average Bonchev–Trinajstić information content (AvgIpc) is 2.08. The number of nitrogens with two attached hydrogens (primary N) is 1. The third-order valence-corrected chi connectivity index (χ3v) is 2.13. The van der Waals surface area contributed by atoms with Gasteiger partial charge in [-0.1, -0.05) is 17.8 Å². The van der Waals surface area contributed by atoms with Gasteiger partial charge in [0.2, 0.25) is 0 Å². The van der Waals surface area contributed by atoms with Gasteiger partial charge in [0.15, 0.2) is 0 Å². The molecule has 0 saturated carbocycles. The van der Waals surface area contributed by atoms with Crippen LogP contribution in [0.25, 0.3) is 0 Å². The van der Waals surface area contributed by atoms with Crippen LogP contribution >= 0.6 is 0 Å². The molecule has 0 radical (unpaired) electrons. The second-order valence-electron chi connectivity index (χ2n) is 3.42. The van der Waals surface area contributed by atoms with E-state index in [-0.39, 0.29) is 56.9 Å². The van der Waals surface area contributed by atoms with Crippen molar-refractivity contribution in [2.45, 2.75) is 13.2 Å². The van der Waals surface area contributed by atoms with Crippen molar-refractivity contribution in [1.29, 1.82) is 0 Å². The van der Waals surface area contributed by atoms with E-state index >= 15 is 0 Å². The van der Waals surface area contributed by atoms with E-state index in [1.807, 2.05) is 0 Å². The largest absolute Gasteiger partial charge is 1.00 e. The van der Waals surface area contributed by atoms with Gasteiger partial charge < -0.3 is 18.7 Å². The zero-order valence-electron chi connectivity index (χ0n) is 9.23. The van der Waals surface area contributed by atoms with E-state index < -0.39 is 13.3 Å². The average molecular weight is 251 g/mol. The molecular weight excluding hydrogens is 241 g/mol. The summed E-state index contributed by atoms with van der Waals surface area (Å²) in [6.07, 6.45) is 4.23. The Kier molecular flexibility index (Phi) is 6.15. The summed E-state index contributed by atoms with van der Waals surface area (Å²) in [6, 6.07) is 2.69. The molecule has 0 aliphatic heterocycles. The number of halogens is 3. The van der Waals surface area contributed by atoms with Crippen LogP contribution in [0.15, 0.2) is 12.1 Å². The molecule has 6 heteroatoms. The quantitative estimate of drug-likeness (QED) is 0.428. The van der Waals surface area contributed by atoms with Crippen molar-refractivity contribution in [1.82, 2.24) is 0 Å². The Morgan fingerprint density at radius 2 is 1.94 bits per heavy atom. The maximum absolute atomic E-state index is 12.2. The van der Waals surface area contributed by atoms with Gasteiger partial charge in [0.05, 0.1) is 0 Å². The third-order valence-electron chi connectivity index (χ3n) is 2.13. The zero-order chi connectivity index (χ0) is 11.6. The standard InChI is InChI=1S/C10H10BF3N.K/c1-3-9-4-8(6-11(12,13)14)5-10(15)7(9)2;/h1,4-5H,6,15H2,2H3;/q-1;+1. The molecule has 1 aromatic carbocycles. The molecule has 1 nitrogen and oxygen atoms in total. The molecule has 0 saturated heterocycles. The van der Waals surface area contributed by atoms with Gasteiger partial charge in [0, 0.05) is 11.3 Å². The maximum atomic E-state index is 12.2. The number of nitrogen functional groups attached to an aromatic ring is 1. The minimum absolute atomic E-state index is 0. The van der Waals surface area contributed by atoms with Crippen LogP contribution in [0.4, 0.5) is 18.6 Å². The molecular formula is C10H10BF3KN. The third kappa shape index (κ3) is 4.52. The van der Waals surface area contributed by atoms with E-state index in [0.717, 1.165) is 0 Å². The first kappa shape index (κ1) is 16.1. The van der Waals surface area contributed by atoms with Crippen molar-refractivity contribution in [3.05, 3.63) is 28.8 Å². The first-order valence-electron chi connectivity index (χ1n) is 4.40. The summed E-state index contributed by atoms with van der Waals surface area (Å²) < 4.78 is 36.5. The van der Waals surface area contributed by atoms with Crippen LogP contribution in [-0.4, -0.2) is 6.98 Å². The van der Waals surface area contributed by atoms with E-state index in [2.05, 4.69) is 5.92 Å². The van der Waals surface area contributed by atoms with Gasteiger partial charge in [-0.2, -0.15) is 0 Å². The molecule has 0 unspecified atom stereocenters. The second-order valence-corrected chi connectivity index (χ2v) is 3.42. The summed E-state index contributed by atoms with van der Waals surface area (Å²) in [5, 5.41) is 0. The van der Waals surface area contributed by atoms with Crippen LogP contribution in [0.1, 0.15) is 16.7 Å². The molecule has 1 aromatic rings. The molecule has 2 N–H and O–H groups in total. The number of anilines is 1. The van der Waals surface area contributed by atoms with Gasteiger partial charge >= 0.3 is 58.4 Å². The molecule has 16 heavy (non-hydrogen) atoms.